The largest absolute Gasteiger partial charge is 0.477 e. The Morgan fingerprint density at radius 1 is 0.880 bits per heavy atom. The molecular formula is C17H18BO4S3. The van der Waals surface area contributed by atoms with Crippen molar-refractivity contribution >= 4 is 54.4 Å². The third kappa shape index (κ3) is 8.67. The highest BCUT2D eigenvalue weighted by molar-refractivity contribution is 7.12. The smallest absolute Gasteiger partial charge is 0.346 e. The predicted octanol–water partition coefficient (Wildman–Crippen LogP) is 5.19. The first-order valence-electron chi connectivity index (χ1n) is 6.86. The summed E-state index contributed by atoms with van der Waals surface area (Å²) in [7, 11) is 0. The van der Waals surface area contributed by atoms with Crippen LogP contribution in [0, 0.1) is 20.8 Å². The maximum absolute atomic E-state index is 10.3. The zero-order valence-electron chi connectivity index (χ0n) is 14.1. The normalized spacial score (nSPS) is 8.92. The van der Waals surface area contributed by atoms with Crippen LogP contribution in [0.4, 0.5) is 0 Å². The highest BCUT2D eigenvalue weighted by Gasteiger charge is 2.06. The summed E-state index contributed by atoms with van der Waals surface area (Å²) in [5.74, 6) is -1.67. The van der Waals surface area contributed by atoms with Crippen LogP contribution in [0.25, 0.3) is 0 Å². The van der Waals surface area contributed by atoms with Crippen LogP contribution in [0.1, 0.15) is 36.0 Å². The average Bonchev–Trinajstić information content (AvgIpc) is 3.23. The van der Waals surface area contributed by atoms with Gasteiger partial charge in [0.15, 0.2) is 0 Å². The topological polar surface area (TPSA) is 74.6 Å². The van der Waals surface area contributed by atoms with Gasteiger partial charge in [-0.25, -0.2) is 9.59 Å². The van der Waals surface area contributed by atoms with Gasteiger partial charge in [-0.1, -0.05) is 0 Å². The van der Waals surface area contributed by atoms with Crippen LogP contribution in [0.2, 0.25) is 0 Å². The summed E-state index contributed by atoms with van der Waals surface area (Å²) < 4.78 is 0. The zero-order valence-corrected chi connectivity index (χ0v) is 16.5. The van der Waals surface area contributed by atoms with Crippen molar-refractivity contribution in [2.75, 3.05) is 0 Å². The molecule has 0 amide bonds. The van der Waals surface area contributed by atoms with Crippen LogP contribution < -0.4 is 0 Å². The van der Waals surface area contributed by atoms with Gasteiger partial charge in [0.1, 0.15) is 9.75 Å². The van der Waals surface area contributed by atoms with Crippen LogP contribution in [0.15, 0.2) is 39.7 Å². The SMILES string of the molecule is Cc1ccsc1.Cc1ccsc1C(=O)O.Cc1csc(C(=O)O)c1.[B]. The molecule has 3 rings (SSSR count). The Morgan fingerprint density at radius 2 is 1.56 bits per heavy atom. The van der Waals surface area contributed by atoms with Crippen molar-refractivity contribution in [3.05, 3.63) is 66.2 Å². The summed E-state index contributed by atoms with van der Waals surface area (Å²) in [6.45, 7) is 5.76. The molecule has 0 spiro atoms. The predicted molar refractivity (Wildman–Crippen MR) is 107 cm³/mol. The second-order valence-corrected chi connectivity index (χ2v) is 7.44. The van der Waals surface area contributed by atoms with Gasteiger partial charge in [0.05, 0.1) is 0 Å². The van der Waals surface area contributed by atoms with Crippen LogP contribution >= 0.6 is 34.0 Å². The molecule has 0 saturated carbocycles. The van der Waals surface area contributed by atoms with Crippen molar-refractivity contribution in [2.24, 2.45) is 0 Å². The van der Waals surface area contributed by atoms with Gasteiger partial charge in [-0.2, -0.15) is 11.3 Å². The molecule has 3 radical (unpaired) electrons. The number of carbonyl (C=O) groups is 2. The fraction of sp³-hybridized carbons (Fsp3) is 0.176. The Bertz CT molecular complexity index is 776. The standard InChI is InChI=1S/2C6H6O2S.C5H6S.B/c1-4-2-5(6(7)8)9-3-4;1-4-2-3-9-5(4)6(7)8;1-5-2-3-6-4-5;/h2*2-3H,1H3,(H,7,8);2-4H,1H3;. The van der Waals surface area contributed by atoms with E-state index in [1.165, 1.54) is 28.2 Å². The third-order valence-electron chi connectivity index (χ3n) is 2.66. The molecule has 3 aromatic heterocycles. The Morgan fingerprint density at radius 3 is 1.76 bits per heavy atom. The van der Waals surface area contributed by atoms with Crippen molar-refractivity contribution in [1.29, 1.82) is 0 Å². The minimum atomic E-state index is -0.840. The highest BCUT2D eigenvalue weighted by Crippen LogP contribution is 2.14. The molecule has 0 unspecified atom stereocenters. The molecule has 8 heteroatoms. The fourth-order valence-electron chi connectivity index (χ4n) is 1.47. The number of hydrogen-bond acceptors (Lipinski definition) is 5. The number of carboxylic acids is 2. The molecule has 0 aliphatic rings. The van der Waals surface area contributed by atoms with Crippen LogP contribution in [0.3, 0.4) is 0 Å². The van der Waals surface area contributed by atoms with Crippen LogP contribution in [0.5, 0.6) is 0 Å². The summed E-state index contributed by atoms with van der Waals surface area (Å²) >= 11 is 4.26. The molecule has 2 N–H and O–H groups in total. The molecule has 0 bridgehead atoms. The van der Waals surface area contributed by atoms with Gasteiger partial charge in [-0.05, 0) is 77.2 Å². The van der Waals surface area contributed by atoms with Crippen LogP contribution in [-0.4, -0.2) is 30.6 Å². The Hall–Kier alpha value is -1.90. The summed E-state index contributed by atoms with van der Waals surface area (Å²) in [6, 6.07) is 5.56. The molecule has 0 aromatic carbocycles. The molecule has 0 atom stereocenters. The number of aromatic carboxylic acids is 2. The van der Waals surface area contributed by atoms with Gasteiger partial charge < -0.3 is 10.2 Å². The fourth-order valence-corrected chi connectivity index (χ4v) is 3.63. The molecule has 0 fully saturated rings. The van der Waals surface area contributed by atoms with E-state index in [2.05, 4.69) is 23.8 Å². The van der Waals surface area contributed by atoms with Crippen molar-refractivity contribution in [1.82, 2.24) is 0 Å². The van der Waals surface area contributed by atoms with Gasteiger partial charge in [0, 0.05) is 8.41 Å². The Labute approximate surface area is 161 Å². The molecule has 131 valence electrons. The quantitative estimate of drug-likeness (QED) is 0.588. The lowest BCUT2D eigenvalue weighted by atomic mass is 10.3. The summed E-state index contributed by atoms with van der Waals surface area (Å²) in [5, 5.41) is 24.7. The monoisotopic (exact) mass is 393 g/mol. The van der Waals surface area contributed by atoms with E-state index in [-0.39, 0.29) is 8.41 Å². The van der Waals surface area contributed by atoms with Crippen molar-refractivity contribution in [2.45, 2.75) is 20.8 Å². The zero-order chi connectivity index (χ0) is 18.1. The minimum absolute atomic E-state index is 0. The summed E-state index contributed by atoms with van der Waals surface area (Å²) in [4.78, 5) is 21.4. The third-order valence-corrected chi connectivity index (χ3v) is 5.50. The number of thiophene rings is 3. The van der Waals surface area contributed by atoms with E-state index >= 15 is 0 Å². The van der Waals surface area contributed by atoms with E-state index in [1.807, 2.05) is 12.3 Å². The number of aryl methyl sites for hydroxylation is 3. The first-order valence-corrected chi connectivity index (χ1v) is 9.56. The van der Waals surface area contributed by atoms with Crippen molar-refractivity contribution in [3.8, 4) is 0 Å². The molecular weight excluding hydrogens is 375 g/mol. The Balaban J connectivity index is 0.000000346. The van der Waals surface area contributed by atoms with Gasteiger partial charge in [0.2, 0.25) is 0 Å². The lowest BCUT2D eigenvalue weighted by Crippen LogP contribution is -1.92. The molecule has 0 aliphatic carbocycles. The van der Waals surface area contributed by atoms with Gasteiger partial charge in [-0.15, -0.1) is 22.7 Å². The van der Waals surface area contributed by atoms with E-state index in [1.54, 1.807) is 35.8 Å². The van der Waals surface area contributed by atoms with Crippen molar-refractivity contribution < 1.29 is 19.8 Å². The number of rotatable bonds is 2. The number of hydrogen-bond donors (Lipinski definition) is 2. The van der Waals surface area contributed by atoms with E-state index in [4.69, 9.17) is 10.2 Å². The lowest BCUT2D eigenvalue weighted by Gasteiger charge is -1.86. The van der Waals surface area contributed by atoms with Gasteiger partial charge >= 0.3 is 11.9 Å². The van der Waals surface area contributed by atoms with E-state index in [9.17, 15) is 9.59 Å². The summed E-state index contributed by atoms with van der Waals surface area (Å²) in [5.41, 5.74) is 3.21. The first-order chi connectivity index (χ1) is 11.3. The lowest BCUT2D eigenvalue weighted by molar-refractivity contribution is 0.0691. The van der Waals surface area contributed by atoms with E-state index in [0.717, 1.165) is 11.1 Å². The molecule has 25 heavy (non-hydrogen) atoms. The summed E-state index contributed by atoms with van der Waals surface area (Å²) in [6.07, 6.45) is 0. The molecule has 3 aromatic rings. The second-order valence-electron chi connectivity index (χ2n) is 4.83. The number of carboxylic acid groups (broad SMARTS) is 2. The molecule has 4 nitrogen and oxygen atoms in total. The first kappa shape index (κ1) is 23.1. The molecule has 3 heterocycles. The highest BCUT2D eigenvalue weighted by atomic mass is 32.1. The van der Waals surface area contributed by atoms with E-state index in [0.29, 0.717) is 9.75 Å². The maximum Gasteiger partial charge on any atom is 0.346 e. The second kappa shape index (κ2) is 11.6. The Kier molecular flexibility index (Phi) is 10.7. The van der Waals surface area contributed by atoms with Crippen molar-refractivity contribution in [3.63, 3.8) is 0 Å². The average molecular weight is 393 g/mol. The maximum atomic E-state index is 10.3. The van der Waals surface area contributed by atoms with Gasteiger partial charge in [-0.3, -0.25) is 0 Å². The minimum Gasteiger partial charge on any atom is -0.477 e. The van der Waals surface area contributed by atoms with E-state index < -0.39 is 11.9 Å². The molecule has 0 saturated heterocycles. The van der Waals surface area contributed by atoms with Gasteiger partial charge in [0.25, 0.3) is 0 Å². The molecule has 0 aliphatic heterocycles. The van der Waals surface area contributed by atoms with Crippen LogP contribution in [-0.2, 0) is 0 Å².